The second kappa shape index (κ2) is 6.28. The Balaban J connectivity index is 2.53. The highest BCUT2D eigenvalue weighted by molar-refractivity contribution is 5.27. The van der Waals surface area contributed by atoms with E-state index in [1.807, 2.05) is 0 Å². The monoisotopic (exact) mass is 275 g/mol. The second-order valence-corrected chi connectivity index (χ2v) is 5.18. The number of halogens is 3. The van der Waals surface area contributed by atoms with Gasteiger partial charge < -0.3 is 10.1 Å². The van der Waals surface area contributed by atoms with Crippen LogP contribution in [-0.4, -0.2) is 11.9 Å². The van der Waals surface area contributed by atoms with E-state index >= 15 is 0 Å². The zero-order chi connectivity index (χ0) is 14.5. The Morgan fingerprint density at radius 1 is 1.11 bits per heavy atom. The number of rotatable bonds is 6. The normalized spacial score (nSPS) is 12.5. The van der Waals surface area contributed by atoms with Crippen LogP contribution in [0.4, 0.5) is 13.2 Å². The molecule has 0 aliphatic heterocycles. The van der Waals surface area contributed by atoms with E-state index in [-0.39, 0.29) is 11.3 Å². The third-order valence-corrected chi connectivity index (χ3v) is 2.80. The van der Waals surface area contributed by atoms with Crippen molar-refractivity contribution >= 4 is 0 Å². The number of hydrogen-bond donors (Lipinski definition) is 1. The van der Waals surface area contributed by atoms with Crippen molar-refractivity contribution in [2.45, 2.75) is 52.1 Å². The van der Waals surface area contributed by atoms with Crippen LogP contribution in [0, 0.1) is 0 Å². The Kier molecular flexibility index (Phi) is 5.23. The lowest BCUT2D eigenvalue weighted by Gasteiger charge is -2.26. The van der Waals surface area contributed by atoms with Gasteiger partial charge in [-0.2, -0.15) is 0 Å². The van der Waals surface area contributed by atoms with Gasteiger partial charge in [-0.25, -0.2) is 0 Å². The molecule has 0 heterocycles. The largest absolute Gasteiger partial charge is 0.573 e. The average Bonchev–Trinajstić information content (AvgIpc) is 2.26. The number of benzene rings is 1. The van der Waals surface area contributed by atoms with E-state index in [9.17, 15) is 13.2 Å². The average molecular weight is 275 g/mol. The van der Waals surface area contributed by atoms with Crippen LogP contribution in [0.2, 0.25) is 0 Å². The van der Waals surface area contributed by atoms with Crippen LogP contribution in [0.1, 0.15) is 39.2 Å². The second-order valence-electron chi connectivity index (χ2n) is 5.18. The molecule has 0 aliphatic rings. The lowest BCUT2D eigenvalue weighted by molar-refractivity contribution is -0.274. The minimum absolute atomic E-state index is 0.0237. The topological polar surface area (TPSA) is 21.3 Å². The summed E-state index contributed by atoms with van der Waals surface area (Å²) in [6, 6.07) is 5.93. The van der Waals surface area contributed by atoms with Crippen molar-refractivity contribution < 1.29 is 17.9 Å². The summed E-state index contributed by atoms with van der Waals surface area (Å²) in [5.74, 6) is -0.191. The summed E-state index contributed by atoms with van der Waals surface area (Å²) >= 11 is 0. The van der Waals surface area contributed by atoms with Crippen LogP contribution in [0.5, 0.6) is 5.75 Å². The zero-order valence-electron chi connectivity index (χ0n) is 11.5. The summed E-state index contributed by atoms with van der Waals surface area (Å²) in [5.41, 5.74) is 0.953. The van der Waals surface area contributed by atoms with Crippen molar-refractivity contribution in [3.63, 3.8) is 0 Å². The Labute approximate surface area is 112 Å². The summed E-state index contributed by atoms with van der Waals surface area (Å²) in [6.07, 6.45) is -2.51. The van der Waals surface area contributed by atoms with E-state index < -0.39 is 6.36 Å². The Morgan fingerprint density at radius 3 is 2.16 bits per heavy atom. The van der Waals surface area contributed by atoms with Crippen molar-refractivity contribution in [3.8, 4) is 5.75 Å². The smallest absolute Gasteiger partial charge is 0.406 e. The van der Waals surface area contributed by atoms with Gasteiger partial charge in [0.15, 0.2) is 0 Å². The van der Waals surface area contributed by atoms with Crippen LogP contribution in [0.15, 0.2) is 24.3 Å². The van der Waals surface area contributed by atoms with Gasteiger partial charge in [-0.1, -0.05) is 25.5 Å². The van der Waals surface area contributed by atoms with Crippen LogP contribution in [-0.2, 0) is 6.54 Å². The Bertz CT molecular complexity index is 385. The molecular weight excluding hydrogens is 255 g/mol. The van der Waals surface area contributed by atoms with Crippen LogP contribution < -0.4 is 10.1 Å². The number of ether oxygens (including phenoxy) is 1. The third kappa shape index (κ3) is 6.47. The van der Waals surface area contributed by atoms with Crippen LogP contribution >= 0.6 is 0 Å². The van der Waals surface area contributed by atoms with Crippen molar-refractivity contribution in [1.82, 2.24) is 5.32 Å². The minimum atomic E-state index is -4.64. The summed E-state index contributed by atoms with van der Waals surface area (Å²) < 4.78 is 39.8. The van der Waals surface area contributed by atoms with Crippen molar-refractivity contribution in [2.75, 3.05) is 0 Å². The number of alkyl halides is 3. The summed E-state index contributed by atoms with van der Waals surface area (Å²) in [5, 5.41) is 3.38. The van der Waals surface area contributed by atoms with E-state index in [4.69, 9.17) is 0 Å². The molecule has 2 nitrogen and oxygen atoms in total. The SMILES string of the molecule is CCCC(C)(C)NCc1ccc(OC(F)(F)F)cc1. The fraction of sp³-hybridized carbons (Fsp3) is 0.571. The van der Waals surface area contributed by atoms with Gasteiger partial charge in [-0.05, 0) is 38.0 Å². The van der Waals surface area contributed by atoms with Gasteiger partial charge in [0.05, 0.1) is 0 Å². The molecule has 0 atom stereocenters. The van der Waals surface area contributed by atoms with Gasteiger partial charge in [-0.15, -0.1) is 13.2 Å². The van der Waals surface area contributed by atoms with Gasteiger partial charge in [0.25, 0.3) is 0 Å². The highest BCUT2D eigenvalue weighted by Crippen LogP contribution is 2.23. The van der Waals surface area contributed by atoms with Gasteiger partial charge in [-0.3, -0.25) is 0 Å². The summed E-state index contributed by atoms with van der Waals surface area (Å²) in [6.45, 7) is 6.96. The van der Waals surface area contributed by atoms with E-state index in [0.717, 1.165) is 18.4 Å². The van der Waals surface area contributed by atoms with Gasteiger partial charge in [0.2, 0.25) is 0 Å². The van der Waals surface area contributed by atoms with Crippen LogP contribution in [0.3, 0.4) is 0 Å². The molecule has 0 radical (unpaired) electrons. The molecule has 0 aliphatic carbocycles. The maximum Gasteiger partial charge on any atom is 0.573 e. The first-order chi connectivity index (χ1) is 8.72. The number of hydrogen-bond acceptors (Lipinski definition) is 2. The zero-order valence-corrected chi connectivity index (χ0v) is 11.5. The van der Waals surface area contributed by atoms with Crippen LogP contribution in [0.25, 0.3) is 0 Å². The molecule has 1 aromatic rings. The van der Waals surface area contributed by atoms with E-state index in [1.54, 1.807) is 12.1 Å². The van der Waals surface area contributed by atoms with Gasteiger partial charge in [0, 0.05) is 12.1 Å². The van der Waals surface area contributed by atoms with E-state index in [1.165, 1.54) is 12.1 Å². The Hall–Kier alpha value is -1.23. The molecule has 5 heteroatoms. The molecule has 1 N–H and O–H groups in total. The van der Waals surface area contributed by atoms with Crippen molar-refractivity contribution in [2.24, 2.45) is 0 Å². The summed E-state index contributed by atoms with van der Waals surface area (Å²) in [7, 11) is 0. The lowest BCUT2D eigenvalue weighted by Crippen LogP contribution is -2.38. The molecule has 19 heavy (non-hydrogen) atoms. The molecule has 0 spiro atoms. The molecular formula is C14H20F3NO. The Morgan fingerprint density at radius 2 is 1.68 bits per heavy atom. The molecule has 1 aromatic carbocycles. The van der Waals surface area contributed by atoms with E-state index in [0.29, 0.717) is 6.54 Å². The fourth-order valence-electron chi connectivity index (χ4n) is 1.86. The maximum absolute atomic E-state index is 12.0. The third-order valence-electron chi connectivity index (χ3n) is 2.80. The number of nitrogens with one attached hydrogen (secondary N) is 1. The standard InChI is InChI=1S/C14H20F3NO/c1-4-9-13(2,3)18-10-11-5-7-12(8-6-11)19-14(15,16)17/h5-8,18H,4,9-10H2,1-3H3. The molecule has 1 rings (SSSR count). The fourth-order valence-corrected chi connectivity index (χ4v) is 1.86. The first-order valence-electron chi connectivity index (χ1n) is 6.31. The first kappa shape index (κ1) is 15.8. The minimum Gasteiger partial charge on any atom is -0.406 e. The first-order valence-corrected chi connectivity index (χ1v) is 6.31. The summed E-state index contributed by atoms with van der Waals surface area (Å²) in [4.78, 5) is 0. The molecule has 0 unspecified atom stereocenters. The van der Waals surface area contributed by atoms with Gasteiger partial charge in [0.1, 0.15) is 5.75 Å². The molecule has 0 fully saturated rings. The predicted molar refractivity (Wildman–Crippen MR) is 69.0 cm³/mol. The molecule has 0 amide bonds. The highest BCUT2D eigenvalue weighted by atomic mass is 19.4. The quantitative estimate of drug-likeness (QED) is 0.837. The maximum atomic E-state index is 12.0. The molecule has 108 valence electrons. The molecule has 0 saturated heterocycles. The lowest BCUT2D eigenvalue weighted by atomic mass is 9.98. The van der Waals surface area contributed by atoms with E-state index in [2.05, 4.69) is 30.8 Å². The molecule has 0 bridgehead atoms. The highest BCUT2D eigenvalue weighted by Gasteiger charge is 2.30. The van der Waals surface area contributed by atoms with Crippen molar-refractivity contribution in [1.29, 1.82) is 0 Å². The van der Waals surface area contributed by atoms with Gasteiger partial charge >= 0.3 is 6.36 Å². The van der Waals surface area contributed by atoms with Crippen molar-refractivity contribution in [3.05, 3.63) is 29.8 Å². The predicted octanol–water partition coefficient (Wildman–Crippen LogP) is 4.25. The molecule has 0 saturated carbocycles. The molecule has 0 aromatic heterocycles.